The van der Waals surface area contributed by atoms with Crippen molar-refractivity contribution < 1.29 is 28.9 Å². The number of unbranched alkanes of at least 4 members (excludes halogenated alkanes) is 3. The molecule has 0 bridgehead atoms. The summed E-state index contributed by atoms with van der Waals surface area (Å²) in [7, 11) is -1.39. The number of hydrogen-bond acceptors (Lipinski definition) is 6. The van der Waals surface area contributed by atoms with Gasteiger partial charge in [-0.2, -0.15) is 0 Å². The van der Waals surface area contributed by atoms with Gasteiger partial charge in [0.15, 0.2) is 0 Å². The molecule has 3 rings (SSSR count). The topological polar surface area (TPSA) is 82.1 Å². The quantitative estimate of drug-likeness (QED) is 0.0752. The van der Waals surface area contributed by atoms with E-state index in [0.29, 0.717) is 29.8 Å². The summed E-state index contributed by atoms with van der Waals surface area (Å²) >= 11 is 0. The van der Waals surface area contributed by atoms with Gasteiger partial charge in [0.1, 0.15) is 19.0 Å². The zero-order chi connectivity index (χ0) is 33.7. The summed E-state index contributed by atoms with van der Waals surface area (Å²) in [5.41, 5.74) is 4.52. The van der Waals surface area contributed by atoms with Crippen molar-refractivity contribution in [3.8, 4) is 5.75 Å². The molecular formula is C39H58O6Si. The zero-order valence-corrected chi connectivity index (χ0v) is 30.3. The van der Waals surface area contributed by atoms with Crippen LogP contribution in [0.3, 0.4) is 0 Å². The largest absolute Gasteiger partial charge is 0.493 e. The molecule has 1 saturated carbocycles. The van der Waals surface area contributed by atoms with Crippen LogP contribution in [0.25, 0.3) is 0 Å². The Hall–Kier alpha value is -2.90. The Bertz CT molecular complexity index is 1270. The van der Waals surface area contributed by atoms with Crippen LogP contribution in [0.5, 0.6) is 5.75 Å². The van der Waals surface area contributed by atoms with Crippen LogP contribution in [0.1, 0.15) is 120 Å². The van der Waals surface area contributed by atoms with Gasteiger partial charge >= 0.3 is 11.9 Å². The Kier molecular flexibility index (Phi) is 15.1. The third-order valence-electron chi connectivity index (χ3n) is 9.38. The number of benzene rings is 2. The van der Waals surface area contributed by atoms with Gasteiger partial charge in [0.05, 0.1) is 20.6 Å². The van der Waals surface area contributed by atoms with Crippen LogP contribution in [0.4, 0.5) is 0 Å². The fourth-order valence-corrected chi connectivity index (χ4v) is 8.89. The number of hydrogen-bond donors (Lipinski definition) is 1. The lowest BCUT2D eigenvalue weighted by atomic mass is 9.75. The molecule has 1 aliphatic carbocycles. The van der Waals surface area contributed by atoms with Crippen LogP contribution in [-0.4, -0.2) is 38.3 Å². The highest BCUT2D eigenvalue weighted by atomic mass is 28.3. The van der Waals surface area contributed by atoms with E-state index >= 15 is 0 Å². The first-order valence-electron chi connectivity index (χ1n) is 17.5. The first-order valence-corrected chi connectivity index (χ1v) is 20.7. The van der Waals surface area contributed by atoms with Crippen molar-refractivity contribution in [2.24, 2.45) is 5.92 Å². The highest BCUT2D eigenvalue weighted by Gasteiger charge is 2.27. The van der Waals surface area contributed by atoms with E-state index in [1.165, 1.54) is 30.0 Å². The maximum absolute atomic E-state index is 12.5. The van der Waals surface area contributed by atoms with E-state index in [-0.39, 0.29) is 31.7 Å². The lowest BCUT2D eigenvalue weighted by molar-refractivity contribution is -0.148. The molecule has 254 valence electrons. The number of carbonyl (C=O) groups is 2. The Balaban J connectivity index is 1.83. The van der Waals surface area contributed by atoms with Gasteiger partial charge in [-0.25, -0.2) is 4.79 Å². The van der Waals surface area contributed by atoms with Crippen molar-refractivity contribution in [2.45, 2.75) is 130 Å². The second-order valence-electron chi connectivity index (χ2n) is 14.1. The summed E-state index contributed by atoms with van der Waals surface area (Å²) < 4.78 is 17.6. The molecule has 0 aliphatic heterocycles. The smallest absolute Gasteiger partial charge is 0.333 e. The van der Waals surface area contributed by atoms with Crippen molar-refractivity contribution in [2.75, 3.05) is 13.2 Å². The predicted molar refractivity (Wildman–Crippen MR) is 189 cm³/mol. The lowest BCUT2D eigenvalue weighted by Crippen LogP contribution is -2.40. The summed E-state index contributed by atoms with van der Waals surface area (Å²) in [6.07, 6.45) is 9.24. The van der Waals surface area contributed by atoms with Gasteiger partial charge in [-0.05, 0) is 87.0 Å². The Morgan fingerprint density at radius 1 is 0.891 bits per heavy atom. The van der Waals surface area contributed by atoms with Gasteiger partial charge in [-0.1, -0.05) is 88.8 Å². The van der Waals surface area contributed by atoms with Gasteiger partial charge in [-0.3, -0.25) is 4.79 Å². The number of ether oxygens (including phenoxy) is 3. The van der Waals surface area contributed by atoms with E-state index in [4.69, 9.17) is 19.3 Å². The van der Waals surface area contributed by atoms with Gasteiger partial charge in [-0.15, -0.1) is 0 Å². The van der Waals surface area contributed by atoms with Crippen molar-refractivity contribution in [1.82, 2.24) is 0 Å². The molecule has 0 atom stereocenters. The average molecular weight is 651 g/mol. The van der Waals surface area contributed by atoms with Crippen molar-refractivity contribution in [1.29, 1.82) is 0 Å². The molecular weight excluding hydrogens is 593 g/mol. The number of aliphatic hydroxyl groups excluding tert-OH is 1. The number of rotatable bonds is 18. The summed E-state index contributed by atoms with van der Waals surface area (Å²) in [6, 6.07) is 15.1. The van der Waals surface area contributed by atoms with Crippen LogP contribution >= 0.6 is 0 Å². The second kappa shape index (κ2) is 18.4. The number of carbonyl (C=O) groups excluding carboxylic acids is 2. The van der Waals surface area contributed by atoms with Crippen LogP contribution in [0, 0.1) is 5.92 Å². The third-order valence-corrected chi connectivity index (χ3v) is 12.9. The average Bonchev–Trinajstić information content (AvgIpc) is 3.05. The molecule has 0 radical (unpaired) electrons. The molecule has 46 heavy (non-hydrogen) atoms. The van der Waals surface area contributed by atoms with E-state index < -0.39 is 14.0 Å². The zero-order valence-electron chi connectivity index (χ0n) is 29.3. The van der Waals surface area contributed by atoms with Gasteiger partial charge in [0, 0.05) is 23.3 Å². The van der Waals surface area contributed by atoms with Crippen molar-refractivity contribution in [3.05, 3.63) is 70.8 Å². The molecule has 0 saturated heterocycles. The minimum Gasteiger partial charge on any atom is -0.493 e. The van der Waals surface area contributed by atoms with E-state index in [1.807, 2.05) is 13.8 Å². The maximum atomic E-state index is 12.5. The van der Waals surface area contributed by atoms with Crippen LogP contribution < -0.4 is 9.92 Å². The summed E-state index contributed by atoms with van der Waals surface area (Å²) in [6.45, 7) is 17.0. The summed E-state index contributed by atoms with van der Waals surface area (Å²) in [5, 5.41) is 10.7. The number of esters is 2. The van der Waals surface area contributed by atoms with Crippen LogP contribution in [0.15, 0.2) is 48.6 Å². The van der Waals surface area contributed by atoms with Crippen LogP contribution in [-0.2, 0) is 32.3 Å². The number of aliphatic hydroxyl groups is 1. The van der Waals surface area contributed by atoms with E-state index in [2.05, 4.69) is 63.0 Å². The van der Waals surface area contributed by atoms with Gasteiger partial charge in [0.25, 0.3) is 0 Å². The molecule has 1 fully saturated rings. The standard InChI is InChI=1S/C39H58O6Si/c1-8-9-23-46(6,7)36-19-17-31(18-20-36)30-13-15-32(16-14-30)33-24-34(26-44-38(41)28(2)3)37(43-22-12-10-11-21-40)35(25-33)27-45-39(42)29(4)5/h17-20,24-25,29-30,32,40H,2,8-16,21-23,26-27H2,1,3-7H3. The first-order chi connectivity index (χ1) is 22.0. The normalized spacial score (nSPS) is 16.7. The minimum absolute atomic E-state index is 0.0518. The minimum atomic E-state index is -1.39. The second-order valence-corrected chi connectivity index (χ2v) is 18.9. The first kappa shape index (κ1) is 37.6. The molecule has 2 aromatic carbocycles. The Morgan fingerprint density at radius 3 is 2.02 bits per heavy atom. The molecule has 6 nitrogen and oxygen atoms in total. The molecule has 0 heterocycles. The fourth-order valence-electron chi connectivity index (χ4n) is 6.29. The monoisotopic (exact) mass is 650 g/mol. The molecule has 0 unspecified atom stereocenters. The van der Waals surface area contributed by atoms with E-state index in [0.717, 1.165) is 56.1 Å². The summed E-state index contributed by atoms with van der Waals surface area (Å²) in [4.78, 5) is 24.8. The predicted octanol–water partition coefficient (Wildman–Crippen LogP) is 8.70. The third kappa shape index (κ3) is 11.1. The van der Waals surface area contributed by atoms with Gasteiger partial charge in [0.2, 0.25) is 0 Å². The van der Waals surface area contributed by atoms with Gasteiger partial charge < -0.3 is 19.3 Å². The molecule has 7 heteroatoms. The molecule has 1 aliphatic rings. The molecule has 0 amide bonds. The van der Waals surface area contributed by atoms with E-state index in [1.54, 1.807) is 12.1 Å². The van der Waals surface area contributed by atoms with Crippen LogP contribution in [0.2, 0.25) is 19.1 Å². The molecule has 0 spiro atoms. The molecule has 2 aromatic rings. The molecule has 0 aromatic heterocycles. The summed E-state index contributed by atoms with van der Waals surface area (Å²) in [5.74, 6) is 0.557. The highest BCUT2D eigenvalue weighted by molar-refractivity contribution is 6.89. The lowest BCUT2D eigenvalue weighted by Gasteiger charge is -2.31. The SMILES string of the molecule is C=C(C)C(=O)OCc1cc(C2CCC(c3ccc([Si](C)(C)CCCC)cc3)CC2)cc(COC(=O)C(C)C)c1OCCCCCO. The Labute approximate surface area is 278 Å². The molecule has 1 N–H and O–H groups in total. The van der Waals surface area contributed by atoms with Crippen molar-refractivity contribution >= 4 is 25.2 Å². The highest BCUT2D eigenvalue weighted by Crippen LogP contribution is 2.42. The fraction of sp³-hybridized carbons (Fsp3) is 0.590. The van der Waals surface area contributed by atoms with E-state index in [9.17, 15) is 9.59 Å². The maximum Gasteiger partial charge on any atom is 0.333 e. The van der Waals surface area contributed by atoms with Crippen molar-refractivity contribution in [3.63, 3.8) is 0 Å². The Morgan fingerprint density at radius 2 is 1.48 bits per heavy atom.